The minimum atomic E-state index is -0.698. The number of rotatable bonds is 9. The maximum absolute atomic E-state index is 12.6. The first-order valence-corrected chi connectivity index (χ1v) is 11.1. The third-order valence-electron chi connectivity index (χ3n) is 4.89. The lowest BCUT2D eigenvalue weighted by Crippen LogP contribution is -2.30. The van der Waals surface area contributed by atoms with E-state index in [9.17, 15) is 19.7 Å². The van der Waals surface area contributed by atoms with Gasteiger partial charge in [0.1, 0.15) is 11.6 Å². The zero-order valence-electron chi connectivity index (χ0n) is 20.0. The highest BCUT2D eigenvalue weighted by Crippen LogP contribution is 2.23. The summed E-state index contributed by atoms with van der Waals surface area (Å²) in [6.45, 7) is 4.09. The van der Waals surface area contributed by atoms with E-state index < -0.39 is 17.0 Å². The molecule has 0 saturated carbocycles. The van der Waals surface area contributed by atoms with Crippen LogP contribution in [-0.4, -0.2) is 42.2 Å². The highest BCUT2D eigenvalue weighted by atomic mass is 16.6. The Morgan fingerprint density at radius 1 is 0.972 bits per heavy atom. The van der Waals surface area contributed by atoms with E-state index >= 15 is 0 Å². The van der Waals surface area contributed by atoms with Crippen LogP contribution in [0.3, 0.4) is 0 Å². The minimum Gasteiger partial charge on any atom is -0.487 e. The van der Waals surface area contributed by atoms with Crippen molar-refractivity contribution in [3.63, 3.8) is 0 Å². The first-order valence-electron chi connectivity index (χ1n) is 11.1. The molecule has 0 spiro atoms. The van der Waals surface area contributed by atoms with Crippen molar-refractivity contribution in [3.8, 4) is 17.0 Å². The molecule has 36 heavy (non-hydrogen) atoms. The summed E-state index contributed by atoms with van der Waals surface area (Å²) in [6.07, 6.45) is 0.910. The molecule has 0 atom stereocenters. The van der Waals surface area contributed by atoms with Crippen LogP contribution in [0.25, 0.3) is 17.3 Å². The number of ether oxygens (including phenoxy) is 3. The molecular formula is C26H25N3O7. The summed E-state index contributed by atoms with van der Waals surface area (Å²) in [5.74, 6) is 0.123. The maximum atomic E-state index is 12.6. The Balaban J connectivity index is 1.74. The third-order valence-corrected chi connectivity index (χ3v) is 4.89. The van der Waals surface area contributed by atoms with E-state index in [-0.39, 0.29) is 23.8 Å². The number of non-ortho nitro benzene ring substituents is 1. The van der Waals surface area contributed by atoms with Gasteiger partial charge in [-0.2, -0.15) is 0 Å². The lowest BCUT2D eigenvalue weighted by molar-refractivity contribution is -0.384. The molecule has 2 aromatic carbocycles. The number of amides is 1. The van der Waals surface area contributed by atoms with E-state index in [4.69, 9.17) is 14.2 Å². The number of pyridine rings is 1. The lowest BCUT2D eigenvalue weighted by atomic mass is 10.1. The lowest BCUT2D eigenvalue weighted by Gasteiger charge is -2.16. The van der Waals surface area contributed by atoms with Crippen molar-refractivity contribution in [2.75, 3.05) is 25.2 Å². The summed E-state index contributed by atoms with van der Waals surface area (Å²) >= 11 is 0. The first-order chi connectivity index (χ1) is 17.3. The number of carbonyl (C=O) groups excluding carboxylic acids is 2. The van der Waals surface area contributed by atoms with Crippen molar-refractivity contribution in [2.24, 2.45) is 0 Å². The average Bonchev–Trinajstić information content (AvgIpc) is 2.89. The molecule has 3 rings (SSSR count). The summed E-state index contributed by atoms with van der Waals surface area (Å²) in [6, 6.07) is 17.7. The number of benzene rings is 2. The third kappa shape index (κ3) is 6.66. The van der Waals surface area contributed by atoms with E-state index in [0.717, 1.165) is 11.1 Å². The molecule has 1 aromatic heterocycles. The average molecular weight is 492 g/mol. The maximum Gasteiger partial charge on any atom is 0.420 e. The molecule has 0 N–H and O–H groups in total. The van der Waals surface area contributed by atoms with Crippen molar-refractivity contribution >= 4 is 29.6 Å². The van der Waals surface area contributed by atoms with Crippen LogP contribution in [-0.2, 0) is 14.3 Å². The van der Waals surface area contributed by atoms with Crippen molar-refractivity contribution in [3.05, 3.63) is 88.2 Å². The topological polar surface area (TPSA) is 121 Å². The van der Waals surface area contributed by atoms with Crippen LogP contribution >= 0.6 is 0 Å². The van der Waals surface area contributed by atoms with Crippen molar-refractivity contribution < 1.29 is 28.7 Å². The number of esters is 1. The van der Waals surface area contributed by atoms with Crippen LogP contribution in [0.1, 0.15) is 19.4 Å². The Hall–Kier alpha value is -4.73. The van der Waals surface area contributed by atoms with Crippen LogP contribution in [0.4, 0.5) is 16.3 Å². The number of hydrogen-bond donors (Lipinski definition) is 0. The second-order valence-electron chi connectivity index (χ2n) is 7.34. The number of anilines is 1. The Bertz CT molecular complexity index is 1260. The van der Waals surface area contributed by atoms with E-state index in [0.29, 0.717) is 18.1 Å². The molecule has 0 aliphatic heterocycles. The van der Waals surface area contributed by atoms with Gasteiger partial charge in [-0.1, -0.05) is 30.3 Å². The van der Waals surface area contributed by atoms with E-state index in [1.165, 1.54) is 36.2 Å². The monoisotopic (exact) mass is 491 g/mol. The van der Waals surface area contributed by atoms with Crippen molar-refractivity contribution in [2.45, 2.75) is 13.8 Å². The summed E-state index contributed by atoms with van der Waals surface area (Å²) in [7, 11) is 1.51. The van der Waals surface area contributed by atoms with Gasteiger partial charge in [-0.3, -0.25) is 15.0 Å². The second-order valence-corrected chi connectivity index (χ2v) is 7.34. The highest BCUT2D eigenvalue weighted by molar-refractivity contribution is 5.91. The van der Waals surface area contributed by atoms with E-state index in [1.807, 2.05) is 24.3 Å². The first kappa shape index (κ1) is 25.9. The molecule has 1 amide bonds. The molecule has 0 radical (unpaired) electrons. The second kappa shape index (κ2) is 12.1. The Morgan fingerprint density at radius 2 is 1.64 bits per heavy atom. The fraction of sp³-hybridized carbons (Fsp3) is 0.192. The van der Waals surface area contributed by atoms with Gasteiger partial charge in [0.2, 0.25) is 5.76 Å². The minimum absolute atomic E-state index is 0.103. The molecular weight excluding hydrogens is 466 g/mol. The number of nitrogens with zero attached hydrogens (tertiary/aromatic N) is 3. The zero-order chi connectivity index (χ0) is 26.1. The Labute approximate surface area is 207 Å². The van der Waals surface area contributed by atoms with Crippen LogP contribution in [0, 0.1) is 10.1 Å². The number of nitro groups is 1. The van der Waals surface area contributed by atoms with Crippen LogP contribution in [0.2, 0.25) is 0 Å². The molecule has 0 saturated heterocycles. The smallest absolute Gasteiger partial charge is 0.420 e. The van der Waals surface area contributed by atoms with Crippen molar-refractivity contribution in [1.29, 1.82) is 0 Å². The fourth-order valence-corrected chi connectivity index (χ4v) is 3.09. The largest absolute Gasteiger partial charge is 0.487 e. The highest BCUT2D eigenvalue weighted by Gasteiger charge is 2.16. The number of aromatic nitrogens is 1. The molecule has 3 aromatic rings. The molecule has 0 aliphatic rings. The van der Waals surface area contributed by atoms with Crippen LogP contribution < -0.4 is 9.64 Å². The van der Waals surface area contributed by atoms with E-state index in [2.05, 4.69) is 4.98 Å². The predicted molar refractivity (Wildman–Crippen MR) is 133 cm³/mol. The SMILES string of the molecule is CCOC(=O)/C(=C/c1ccc(-c2cccc(N(C)C(=O)Oc3ccc([N+](=O)[O-])cc3)n2)cc1)OCC. The quantitative estimate of drug-likeness (QED) is 0.131. The molecule has 1 heterocycles. The number of carbonyl (C=O) groups is 2. The standard InChI is InChI=1S/C26H25N3O7/c1-4-34-23(25(30)35-5-2)17-18-9-11-19(12-10-18)22-7-6-8-24(27-22)28(3)26(31)36-21-15-13-20(14-16-21)29(32)33/h6-17H,4-5H2,1-3H3/b23-17-. The summed E-state index contributed by atoms with van der Waals surface area (Å²) in [5.41, 5.74) is 2.05. The fourth-order valence-electron chi connectivity index (χ4n) is 3.09. The van der Waals surface area contributed by atoms with Crippen LogP contribution in [0.5, 0.6) is 5.75 Å². The Kier molecular flexibility index (Phi) is 8.71. The van der Waals surface area contributed by atoms with Crippen LogP contribution in [0.15, 0.2) is 72.5 Å². The van der Waals surface area contributed by atoms with E-state index in [1.54, 1.807) is 38.1 Å². The van der Waals surface area contributed by atoms with Gasteiger partial charge in [0, 0.05) is 24.7 Å². The normalized spacial score (nSPS) is 10.9. The molecule has 0 aliphatic carbocycles. The molecule has 10 nitrogen and oxygen atoms in total. The van der Waals surface area contributed by atoms with Crippen molar-refractivity contribution in [1.82, 2.24) is 4.98 Å². The van der Waals surface area contributed by atoms with Gasteiger partial charge < -0.3 is 14.2 Å². The van der Waals surface area contributed by atoms with Gasteiger partial charge in [0.05, 0.1) is 23.8 Å². The summed E-state index contributed by atoms with van der Waals surface area (Å²) in [4.78, 5) is 40.6. The zero-order valence-corrected chi connectivity index (χ0v) is 20.0. The van der Waals surface area contributed by atoms with Gasteiger partial charge in [-0.05, 0) is 49.8 Å². The number of nitro benzene ring substituents is 1. The molecule has 186 valence electrons. The van der Waals surface area contributed by atoms with Gasteiger partial charge in [0.25, 0.3) is 5.69 Å². The predicted octanol–water partition coefficient (Wildman–Crippen LogP) is 5.23. The van der Waals surface area contributed by atoms with Gasteiger partial charge in [-0.15, -0.1) is 0 Å². The molecule has 10 heteroatoms. The Morgan fingerprint density at radius 3 is 2.25 bits per heavy atom. The summed E-state index contributed by atoms with van der Waals surface area (Å²) < 4.78 is 15.7. The van der Waals surface area contributed by atoms with Gasteiger partial charge in [-0.25, -0.2) is 14.6 Å². The summed E-state index contributed by atoms with van der Waals surface area (Å²) in [5, 5.41) is 10.8. The van der Waals surface area contributed by atoms with Gasteiger partial charge in [0.15, 0.2) is 0 Å². The van der Waals surface area contributed by atoms with Gasteiger partial charge >= 0.3 is 12.1 Å². The molecule has 0 unspecified atom stereocenters. The molecule has 0 fully saturated rings. The number of hydrogen-bond acceptors (Lipinski definition) is 8. The molecule has 0 bridgehead atoms.